The summed E-state index contributed by atoms with van der Waals surface area (Å²) in [5.74, 6) is -1.97. The van der Waals surface area contributed by atoms with Crippen molar-refractivity contribution in [3.8, 4) is 0 Å². The zero-order chi connectivity index (χ0) is 14.6. The molecule has 0 aromatic heterocycles. The van der Waals surface area contributed by atoms with E-state index in [4.69, 9.17) is 9.90 Å². The normalized spacial score (nSPS) is 9.35. The summed E-state index contributed by atoms with van der Waals surface area (Å²) in [5.41, 5.74) is 0. The zero-order valence-corrected chi connectivity index (χ0v) is 12.8. The Kier molecular flexibility index (Phi) is 17.3. The van der Waals surface area contributed by atoms with Gasteiger partial charge in [0.2, 0.25) is 0 Å². The van der Waals surface area contributed by atoms with Crippen molar-refractivity contribution in [1.29, 1.82) is 0 Å². The zero-order valence-electron chi connectivity index (χ0n) is 11.6. The maximum atomic E-state index is 10.5. The van der Waals surface area contributed by atoms with Gasteiger partial charge in [0.1, 0.15) is 0 Å². The molecule has 0 aliphatic rings. The number of hydrogen-bond acceptors (Lipinski definition) is 4. The van der Waals surface area contributed by atoms with Crippen molar-refractivity contribution in [3.05, 3.63) is 0 Å². The van der Waals surface area contributed by atoms with Crippen LogP contribution in [0.3, 0.4) is 0 Å². The van der Waals surface area contributed by atoms with E-state index in [2.05, 4.69) is 23.2 Å². The SMILES string of the molecule is CC(=O)[O-].CC(C)C(C(=O)[O-])C(C)C.C[CH2][Al+2]. The quantitative estimate of drug-likeness (QED) is 0.668. The first-order valence-corrected chi connectivity index (χ1v) is 6.51. The summed E-state index contributed by atoms with van der Waals surface area (Å²) in [7, 11) is 0. The minimum absolute atomic E-state index is 0.171. The first-order valence-electron chi connectivity index (χ1n) is 5.70. The van der Waals surface area contributed by atoms with Crippen LogP contribution in [0.2, 0.25) is 5.28 Å². The topological polar surface area (TPSA) is 80.3 Å². The van der Waals surface area contributed by atoms with Gasteiger partial charge >= 0.3 is 28.5 Å². The van der Waals surface area contributed by atoms with Gasteiger partial charge in [-0.05, 0) is 18.8 Å². The molecule has 0 rings (SSSR count). The van der Waals surface area contributed by atoms with Crippen molar-refractivity contribution in [2.24, 2.45) is 17.8 Å². The second kappa shape index (κ2) is 13.5. The third-order valence-electron chi connectivity index (χ3n) is 1.71. The van der Waals surface area contributed by atoms with E-state index in [1.165, 1.54) is 5.28 Å². The van der Waals surface area contributed by atoms with E-state index in [-0.39, 0.29) is 17.8 Å². The molecule has 0 bridgehead atoms. The van der Waals surface area contributed by atoms with Crippen molar-refractivity contribution >= 4 is 28.2 Å². The Bertz CT molecular complexity index is 191. The molecule has 98 valence electrons. The van der Waals surface area contributed by atoms with Crippen LogP contribution >= 0.6 is 0 Å². The number of carbonyl (C=O) groups excluding carboxylic acids is 2. The van der Waals surface area contributed by atoms with E-state index in [1.54, 1.807) is 0 Å². The van der Waals surface area contributed by atoms with Crippen molar-refractivity contribution < 1.29 is 19.8 Å². The van der Waals surface area contributed by atoms with E-state index in [0.29, 0.717) is 0 Å². The fourth-order valence-corrected chi connectivity index (χ4v) is 1.31. The molecule has 0 saturated carbocycles. The number of carboxylic acid groups (broad SMARTS) is 2. The van der Waals surface area contributed by atoms with Gasteiger partial charge in [-0.15, -0.1) is 0 Å². The first-order chi connectivity index (χ1) is 7.61. The minimum atomic E-state index is -1.08. The maximum absolute atomic E-state index is 10.5. The van der Waals surface area contributed by atoms with Crippen LogP contribution in [0.25, 0.3) is 0 Å². The Balaban J connectivity index is -0.000000232. The molecule has 0 aliphatic carbocycles. The molecule has 0 aromatic rings. The summed E-state index contributed by atoms with van der Waals surface area (Å²) in [6, 6.07) is 0. The average molecular weight is 258 g/mol. The monoisotopic (exact) mass is 258 g/mol. The molecule has 0 spiro atoms. The Morgan fingerprint density at radius 1 is 1.06 bits per heavy atom. The molecule has 0 atom stereocenters. The van der Waals surface area contributed by atoms with Crippen LogP contribution < -0.4 is 10.2 Å². The van der Waals surface area contributed by atoms with E-state index in [0.717, 1.165) is 6.92 Å². The van der Waals surface area contributed by atoms with Gasteiger partial charge in [0.25, 0.3) is 0 Å². The molecule has 0 N–H and O–H groups in total. The molecule has 0 heterocycles. The molecular formula is C12H23AlO4. The molecule has 0 fully saturated rings. The van der Waals surface area contributed by atoms with E-state index in [1.807, 2.05) is 27.7 Å². The van der Waals surface area contributed by atoms with E-state index >= 15 is 0 Å². The Labute approximate surface area is 113 Å². The van der Waals surface area contributed by atoms with Gasteiger partial charge in [0.15, 0.2) is 0 Å². The molecule has 0 radical (unpaired) electrons. The van der Waals surface area contributed by atoms with Gasteiger partial charge in [-0.2, -0.15) is 0 Å². The molecular weight excluding hydrogens is 235 g/mol. The number of aliphatic carboxylic acids is 2. The molecule has 0 aliphatic heterocycles. The van der Waals surface area contributed by atoms with Crippen LogP contribution in [-0.4, -0.2) is 28.2 Å². The number of rotatable bonds is 3. The summed E-state index contributed by atoms with van der Waals surface area (Å²) >= 11 is 2.58. The van der Waals surface area contributed by atoms with Crippen LogP contribution in [-0.2, 0) is 9.59 Å². The average Bonchev–Trinajstić information content (AvgIpc) is 2.00. The second-order valence-corrected chi connectivity index (χ2v) is 5.05. The van der Waals surface area contributed by atoms with Gasteiger partial charge in [0.05, 0.1) is 0 Å². The summed E-state index contributed by atoms with van der Waals surface area (Å²) < 4.78 is 0. The molecule has 0 amide bonds. The van der Waals surface area contributed by atoms with Crippen molar-refractivity contribution in [1.82, 2.24) is 0 Å². The number of carbonyl (C=O) groups is 2. The Morgan fingerprint density at radius 3 is 1.24 bits per heavy atom. The van der Waals surface area contributed by atoms with Crippen molar-refractivity contribution in [3.63, 3.8) is 0 Å². The molecule has 0 aromatic carbocycles. The Hall–Kier alpha value is -0.528. The third-order valence-corrected chi connectivity index (χ3v) is 1.71. The molecule has 4 nitrogen and oxygen atoms in total. The van der Waals surface area contributed by atoms with Gasteiger partial charge in [-0.25, -0.2) is 0 Å². The predicted octanol–water partition coefficient (Wildman–Crippen LogP) is 0.0138. The predicted molar refractivity (Wildman–Crippen MR) is 65.1 cm³/mol. The van der Waals surface area contributed by atoms with E-state index in [9.17, 15) is 9.90 Å². The summed E-state index contributed by atoms with van der Waals surface area (Å²) in [5, 5.41) is 20.5. The summed E-state index contributed by atoms with van der Waals surface area (Å²) in [6.45, 7) is 10.7. The van der Waals surface area contributed by atoms with Crippen LogP contribution in [0, 0.1) is 17.8 Å². The van der Waals surface area contributed by atoms with Gasteiger partial charge in [0, 0.05) is 17.9 Å². The second-order valence-electron chi connectivity index (χ2n) is 4.23. The Morgan fingerprint density at radius 2 is 1.24 bits per heavy atom. The first kappa shape index (κ1) is 21.7. The third kappa shape index (κ3) is 21.3. The molecule has 5 heteroatoms. The summed E-state index contributed by atoms with van der Waals surface area (Å²) in [6.07, 6.45) is 0. The summed E-state index contributed by atoms with van der Waals surface area (Å²) in [4.78, 5) is 19.4. The van der Waals surface area contributed by atoms with Gasteiger partial charge in [-0.3, -0.25) is 0 Å². The van der Waals surface area contributed by atoms with Crippen molar-refractivity contribution in [2.75, 3.05) is 0 Å². The standard InChI is InChI=1S/C8H16O2.C2H4O2.C2H5.Al/c1-5(2)7(6(3)4)8(9)10;1-2(3)4;1-2;/h5-7H,1-4H3,(H,9,10);1H3,(H,3,4);1H2,2H3;/q;;;+2/p-2. The molecule has 17 heavy (non-hydrogen) atoms. The van der Waals surface area contributed by atoms with Crippen LogP contribution in [0.5, 0.6) is 0 Å². The fraction of sp³-hybridized carbons (Fsp3) is 0.833. The number of hydrogen-bond donors (Lipinski definition) is 0. The van der Waals surface area contributed by atoms with Crippen LogP contribution in [0.15, 0.2) is 0 Å². The van der Waals surface area contributed by atoms with Crippen molar-refractivity contribution in [2.45, 2.75) is 46.8 Å². The van der Waals surface area contributed by atoms with Crippen LogP contribution in [0.4, 0.5) is 0 Å². The van der Waals surface area contributed by atoms with Gasteiger partial charge < -0.3 is 19.8 Å². The molecule has 0 saturated heterocycles. The van der Waals surface area contributed by atoms with Crippen LogP contribution in [0.1, 0.15) is 41.5 Å². The van der Waals surface area contributed by atoms with E-state index < -0.39 is 11.9 Å². The number of carboxylic acids is 2. The van der Waals surface area contributed by atoms with Gasteiger partial charge in [-0.1, -0.05) is 27.7 Å². The fourth-order valence-electron chi connectivity index (χ4n) is 1.31. The molecule has 0 unspecified atom stereocenters.